The Labute approximate surface area is 152 Å². The molecule has 6 nitrogen and oxygen atoms in total. The molecule has 3 aromatic heterocycles. The second-order valence-corrected chi connectivity index (χ2v) is 7.62. The fourth-order valence-electron chi connectivity index (χ4n) is 3.23. The minimum atomic E-state index is 0.386. The number of anilines is 1. The van der Waals surface area contributed by atoms with E-state index in [1.807, 2.05) is 41.2 Å². The number of H-pyrrole nitrogens is 1. The van der Waals surface area contributed by atoms with Crippen LogP contribution in [-0.2, 0) is 12.8 Å². The third-order valence-electron chi connectivity index (χ3n) is 4.53. The number of hydrogen-bond donors (Lipinski definition) is 2. The Hall–Kier alpha value is -2.38. The number of rotatable bonds is 3. The highest BCUT2D eigenvalue weighted by atomic mass is 35.5. The van der Waals surface area contributed by atoms with Gasteiger partial charge in [-0.2, -0.15) is 5.10 Å². The topological polar surface area (TPSA) is 70.9 Å². The molecule has 0 saturated heterocycles. The van der Waals surface area contributed by atoms with Crippen LogP contribution in [-0.4, -0.2) is 30.8 Å². The Morgan fingerprint density at radius 3 is 3.00 bits per heavy atom. The lowest BCUT2D eigenvalue weighted by atomic mass is 9.94. The summed E-state index contributed by atoms with van der Waals surface area (Å²) in [5.41, 5.74) is 4.51. The van der Waals surface area contributed by atoms with Crippen molar-refractivity contribution in [2.24, 2.45) is 0 Å². The van der Waals surface area contributed by atoms with Gasteiger partial charge >= 0.3 is 0 Å². The molecule has 126 valence electrons. The Bertz CT molecular complexity index is 1000. The van der Waals surface area contributed by atoms with Gasteiger partial charge in [0.2, 0.25) is 10.1 Å². The number of fused-ring (bicyclic) bond motifs is 2. The fraction of sp³-hybridized carbons (Fsp3) is 0.235. The van der Waals surface area contributed by atoms with E-state index in [0.717, 1.165) is 45.6 Å². The molecule has 0 fully saturated rings. The van der Waals surface area contributed by atoms with Crippen LogP contribution in [0.3, 0.4) is 0 Å². The van der Waals surface area contributed by atoms with Crippen LogP contribution in [0.4, 0.5) is 5.13 Å². The Kier molecular flexibility index (Phi) is 3.50. The van der Waals surface area contributed by atoms with Crippen LogP contribution in [0, 0.1) is 0 Å². The fourth-order valence-corrected chi connectivity index (χ4v) is 4.22. The van der Waals surface area contributed by atoms with Crippen molar-refractivity contribution in [3.8, 4) is 11.3 Å². The molecule has 4 aromatic rings. The third-order valence-corrected chi connectivity index (χ3v) is 5.63. The molecule has 3 heterocycles. The SMILES string of the molecule is Clc1ccc(-c2cn3nc(NC4CCc5[nH]ncc5C4)sc3n2)cc1. The first-order chi connectivity index (χ1) is 12.2. The maximum atomic E-state index is 5.94. The van der Waals surface area contributed by atoms with Gasteiger partial charge in [0, 0.05) is 22.3 Å². The van der Waals surface area contributed by atoms with E-state index in [1.54, 1.807) is 11.3 Å². The molecule has 1 aliphatic rings. The van der Waals surface area contributed by atoms with E-state index < -0.39 is 0 Å². The molecule has 0 amide bonds. The molecule has 0 spiro atoms. The molecule has 1 aromatic carbocycles. The van der Waals surface area contributed by atoms with Crippen molar-refractivity contribution in [1.29, 1.82) is 0 Å². The quantitative estimate of drug-likeness (QED) is 0.575. The number of benzene rings is 1. The second kappa shape index (κ2) is 5.86. The van der Waals surface area contributed by atoms with Gasteiger partial charge in [-0.25, -0.2) is 9.50 Å². The molecule has 8 heteroatoms. The predicted molar refractivity (Wildman–Crippen MR) is 99.3 cm³/mol. The van der Waals surface area contributed by atoms with Crippen LogP contribution in [0.15, 0.2) is 36.7 Å². The monoisotopic (exact) mass is 370 g/mol. The number of nitrogens with one attached hydrogen (secondary N) is 2. The summed E-state index contributed by atoms with van der Waals surface area (Å²) in [5, 5.41) is 17.0. The average Bonchev–Trinajstić information content (AvgIpc) is 3.29. The number of aryl methyl sites for hydroxylation is 1. The molecule has 0 aliphatic heterocycles. The van der Waals surface area contributed by atoms with Crippen LogP contribution < -0.4 is 5.32 Å². The lowest BCUT2D eigenvalue weighted by Gasteiger charge is -2.22. The van der Waals surface area contributed by atoms with E-state index in [4.69, 9.17) is 11.6 Å². The molecule has 0 bridgehead atoms. The summed E-state index contributed by atoms with van der Waals surface area (Å²) in [6, 6.07) is 8.07. The normalized spacial score (nSPS) is 16.9. The minimum absolute atomic E-state index is 0.386. The summed E-state index contributed by atoms with van der Waals surface area (Å²) in [6.07, 6.45) is 6.96. The van der Waals surface area contributed by atoms with Crippen LogP contribution in [0.1, 0.15) is 17.7 Å². The highest BCUT2D eigenvalue weighted by Gasteiger charge is 2.21. The summed E-state index contributed by atoms with van der Waals surface area (Å²) in [6.45, 7) is 0. The summed E-state index contributed by atoms with van der Waals surface area (Å²) in [4.78, 5) is 5.56. The number of aromatic nitrogens is 5. The summed E-state index contributed by atoms with van der Waals surface area (Å²) < 4.78 is 1.84. The zero-order valence-electron chi connectivity index (χ0n) is 13.2. The molecule has 25 heavy (non-hydrogen) atoms. The zero-order chi connectivity index (χ0) is 16.8. The number of nitrogens with zero attached hydrogens (tertiary/aromatic N) is 4. The molecular weight excluding hydrogens is 356 g/mol. The first-order valence-corrected chi connectivity index (χ1v) is 9.34. The van der Waals surface area contributed by atoms with E-state index in [9.17, 15) is 0 Å². The van der Waals surface area contributed by atoms with Crippen LogP contribution >= 0.6 is 22.9 Å². The molecular formula is C17H15ClN6S. The molecule has 1 unspecified atom stereocenters. The van der Waals surface area contributed by atoms with Crippen LogP contribution in [0.5, 0.6) is 0 Å². The summed E-state index contributed by atoms with van der Waals surface area (Å²) in [5.74, 6) is 0. The number of halogens is 1. The minimum Gasteiger partial charge on any atom is -0.357 e. The first kappa shape index (κ1) is 14.9. The lowest BCUT2D eigenvalue weighted by molar-refractivity contribution is 0.603. The Balaban J connectivity index is 1.35. The smallest absolute Gasteiger partial charge is 0.214 e. The molecule has 5 rings (SSSR count). The standard InChI is InChI=1S/C17H15ClN6S/c18-12-3-1-10(2-4-12)15-9-24-17(21-15)25-16(23-24)20-13-5-6-14-11(7-13)8-19-22-14/h1-4,8-9,13H,5-7H2,(H,19,22)(H,20,23). The maximum Gasteiger partial charge on any atom is 0.214 e. The first-order valence-electron chi connectivity index (χ1n) is 8.14. The highest BCUT2D eigenvalue weighted by molar-refractivity contribution is 7.20. The predicted octanol–water partition coefficient (Wildman–Crippen LogP) is 3.80. The summed E-state index contributed by atoms with van der Waals surface area (Å²) in [7, 11) is 0. The van der Waals surface area contributed by atoms with Crippen molar-refractivity contribution >= 4 is 33.0 Å². The van der Waals surface area contributed by atoms with Gasteiger partial charge in [-0.15, -0.1) is 5.10 Å². The van der Waals surface area contributed by atoms with E-state index in [0.29, 0.717) is 6.04 Å². The highest BCUT2D eigenvalue weighted by Crippen LogP contribution is 2.27. The van der Waals surface area contributed by atoms with Gasteiger partial charge < -0.3 is 5.32 Å². The van der Waals surface area contributed by atoms with Gasteiger partial charge in [-0.05, 0) is 37.0 Å². The molecule has 1 atom stereocenters. The molecule has 2 N–H and O–H groups in total. The molecule has 0 saturated carbocycles. The van der Waals surface area contributed by atoms with Crippen molar-refractivity contribution in [3.05, 3.63) is 52.9 Å². The van der Waals surface area contributed by atoms with Crippen LogP contribution in [0.25, 0.3) is 16.2 Å². The van der Waals surface area contributed by atoms with Crippen molar-refractivity contribution in [1.82, 2.24) is 24.8 Å². The van der Waals surface area contributed by atoms with Gasteiger partial charge in [0.25, 0.3) is 0 Å². The average molecular weight is 371 g/mol. The maximum absolute atomic E-state index is 5.94. The van der Waals surface area contributed by atoms with Gasteiger partial charge in [0.15, 0.2) is 0 Å². The lowest BCUT2D eigenvalue weighted by Crippen LogP contribution is -2.26. The van der Waals surface area contributed by atoms with Crippen LogP contribution in [0.2, 0.25) is 5.02 Å². The second-order valence-electron chi connectivity index (χ2n) is 6.23. The largest absolute Gasteiger partial charge is 0.357 e. The van der Waals surface area contributed by atoms with Gasteiger partial charge in [-0.1, -0.05) is 35.1 Å². The molecule has 0 radical (unpaired) electrons. The van der Waals surface area contributed by atoms with Gasteiger partial charge in [-0.3, -0.25) is 5.10 Å². The number of hydrogen-bond acceptors (Lipinski definition) is 5. The number of imidazole rings is 1. The Morgan fingerprint density at radius 1 is 1.28 bits per heavy atom. The zero-order valence-corrected chi connectivity index (χ0v) is 14.8. The van der Waals surface area contributed by atoms with Crippen molar-refractivity contribution in [3.63, 3.8) is 0 Å². The van der Waals surface area contributed by atoms with E-state index in [2.05, 4.69) is 25.6 Å². The van der Waals surface area contributed by atoms with E-state index in [-0.39, 0.29) is 0 Å². The van der Waals surface area contributed by atoms with E-state index in [1.165, 1.54) is 11.3 Å². The third kappa shape index (κ3) is 2.79. The van der Waals surface area contributed by atoms with Gasteiger partial charge in [0.05, 0.1) is 18.1 Å². The number of aromatic amines is 1. The molecule has 1 aliphatic carbocycles. The van der Waals surface area contributed by atoms with Crippen molar-refractivity contribution < 1.29 is 0 Å². The Morgan fingerprint density at radius 2 is 2.16 bits per heavy atom. The van der Waals surface area contributed by atoms with Gasteiger partial charge in [0.1, 0.15) is 0 Å². The van der Waals surface area contributed by atoms with E-state index >= 15 is 0 Å². The van der Waals surface area contributed by atoms with Crippen molar-refractivity contribution in [2.75, 3.05) is 5.32 Å². The van der Waals surface area contributed by atoms with Crippen molar-refractivity contribution in [2.45, 2.75) is 25.3 Å². The summed E-state index contributed by atoms with van der Waals surface area (Å²) >= 11 is 7.52.